The molecule has 0 bridgehead atoms. The summed E-state index contributed by atoms with van der Waals surface area (Å²) in [5.41, 5.74) is 6.52. The van der Waals surface area contributed by atoms with Gasteiger partial charge in [0.05, 0.1) is 11.7 Å². The summed E-state index contributed by atoms with van der Waals surface area (Å²) >= 11 is 1.39. The van der Waals surface area contributed by atoms with Crippen molar-refractivity contribution in [2.45, 2.75) is 19.4 Å². The average molecular weight is 258 g/mol. The molecule has 0 aliphatic rings. The van der Waals surface area contributed by atoms with Gasteiger partial charge in [0.2, 0.25) is 0 Å². The Labute approximate surface area is 110 Å². The molecule has 0 spiro atoms. The largest absolute Gasteiger partial charge is 0.397 e. The smallest absolute Gasteiger partial charge is 0.264 e. The van der Waals surface area contributed by atoms with E-state index in [4.69, 9.17) is 12.2 Å². The normalized spacial score (nSPS) is 12.0. The topological polar surface area (TPSA) is 55.1 Å². The Hall–Kier alpha value is -1.99. The maximum atomic E-state index is 12.1. The molecule has 0 saturated carbocycles. The lowest BCUT2D eigenvalue weighted by Crippen LogP contribution is -2.33. The number of rotatable bonds is 3. The summed E-state index contributed by atoms with van der Waals surface area (Å²) in [7, 11) is 0. The Bertz CT molecular complexity index is 624. The fraction of sp³-hybridized carbons (Fsp3) is 0.214. The molecule has 3 nitrogen and oxygen atoms in total. The zero-order valence-corrected chi connectivity index (χ0v) is 10.9. The van der Waals surface area contributed by atoms with Gasteiger partial charge < -0.3 is 11.1 Å². The molecule has 0 fully saturated rings. The molecule has 18 heavy (non-hydrogen) atoms. The first-order chi connectivity index (χ1) is 8.67. The molecule has 0 aliphatic carbocycles. The highest BCUT2D eigenvalue weighted by Crippen LogP contribution is 2.33. The number of hydrogen-bond donors (Lipinski definition) is 2. The Morgan fingerprint density at radius 3 is 2.89 bits per heavy atom. The second-order valence-corrected chi connectivity index (χ2v) is 4.99. The highest BCUT2D eigenvalue weighted by Gasteiger charge is 2.17. The summed E-state index contributed by atoms with van der Waals surface area (Å²) in [6.45, 7) is 1.93. The molecule has 4 heteroatoms. The number of benzene rings is 1. The SMILES string of the molecule is C#CC(CC)NC(=O)c1sc2ccccc2c1N. The number of fused-ring (bicyclic) bond motifs is 1. The van der Waals surface area contributed by atoms with Crippen LogP contribution in [0.15, 0.2) is 24.3 Å². The molecule has 1 aromatic heterocycles. The third-order valence-electron chi connectivity index (χ3n) is 2.75. The number of thiophene rings is 1. The molecule has 92 valence electrons. The Morgan fingerprint density at radius 1 is 1.56 bits per heavy atom. The summed E-state index contributed by atoms with van der Waals surface area (Å²) in [4.78, 5) is 12.6. The first-order valence-corrected chi connectivity index (χ1v) is 6.53. The van der Waals surface area contributed by atoms with Crippen LogP contribution < -0.4 is 11.1 Å². The van der Waals surface area contributed by atoms with Gasteiger partial charge in [0.1, 0.15) is 4.88 Å². The van der Waals surface area contributed by atoms with Crippen molar-refractivity contribution in [2.75, 3.05) is 5.73 Å². The predicted octanol–water partition coefficient (Wildman–Crippen LogP) is 2.63. The maximum absolute atomic E-state index is 12.1. The van der Waals surface area contributed by atoms with Crippen molar-refractivity contribution in [2.24, 2.45) is 0 Å². The van der Waals surface area contributed by atoms with Crippen molar-refractivity contribution >= 4 is 33.0 Å². The third kappa shape index (κ3) is 2.18. The van der Waals surface area contributed by atoms with Gasteiger partial charge in [0.15, 0.2) is 0 Å². The van der Waals surface area contributed by atoms with Gasteiger partial charge in [-0.1, -0.05) is 31.0 Å². The van der Waals surface area contributed by atoms with Crippen LogP contribution in [0.3, 0.4) is 0 Å². The lowest BCUT2D eigenvalue weighted by molar-refractivity contribution is 0.0950. The van der Waals surface area contributed by atoms with Gasteiger partial charge in [-0.25, -0.2) is 0 Å². The van der Waals surface area contributed by atoms with Gasteiger partial charge in [0, 0.05) is 10.1 Å². The Balaban J connectivity index is 2.34. The van der Waals surface area contributed by atoms with Crippen LogP contribution in [0.25, 0.3) is 10.1 Å². The van der Waals surface area contributed by atoms with Crippen LogP contribution in [0.1, 0.15) is 23.0 Å². The van der Waals surface area contributed by atoms with Crippen LogP contribution in [-0.4, -0.2) is 11.9 Å². The highest BCUT2D eigenvalue weighted by molar-refractivity contribution is 7.21. The van der Waals surface area contributed by atoms with Crippen LogP contribution in [0, 0.1) is 12.3 Å². The van der Waals surface area contributed by atoms with E-state index in [-0.39, 0.29) is 11.9 Å². The quantitative estimate of drug-likeness (QED) is 0.831. The lowest BCUT2D eigenvalue weighted by atomic mass is 10.2. The number of hydrogen-bond acceptors (Lipinski definition) is 3. The van der Waals surface area contributed by atoms with E-state index in [1.54, 1.807) is 0 Å². The number of anilines is 1. The van der Waals surface area contributed by atoms with E-state index < -0.39 is 0 Å². The van der Waals surface area contributed by atoms with E-state index in [2.05, 4.69) is 11.2 Å². The van der Waals surface area contributed by atoms with Gasteiger partial charge in [-0.3, -0.25) is 4.79 Å². The minimum Gasteiger partial charge on any atom is -0.397 e. The highest BCUT2D eigenvalue weighted by atomic mass is 32.1. The number of terminal acetylenes is 1. The number of nitrogens with one attached hydrogen (secondary N) is 1. The Morgan fingerprint density at radius 2 is 2.28 bits per heavy atom. The lowest BCUT2D eigenvalue weighted by Gasteiger charge is -2.09. The minimum atomic E-state index is -0.248. The van der Waals surface area contributed by atoms with E-state index >= 15 is 0 Å². The molecule has 2 aromatic rings. The molecule has 0 aliphatic heterocycles. The molecule has 0 saturated heterocycles. The van der Waals surface area contributed by atoms with Crippen molar-refractivity contribution in [1.29, 1.82) is 0 Å². The van der Waals surface area contributed by atoms with Gasteiger partial charge >= 0.3 is 0 Å². The summed E-state index contributed by atoms with van der Waals surface area (Å²) in [6, 6.07) is 7.45. The van der Waals surface area contributed by atoms with Crippen molar-refractivity contribution in [3.63, 3.8) is 0 Å². The molecule has 1 unspecified atom stereocenters. The standard InChI is InChI=1S/C14H14N2OS/c1-3-9(4-2)16-14(17)13-12(15)10-7-5-6-8-11(10)18-13/h1,5-9H,4,15H2,2H3,(H,16,17). The number of nitrogens with two attached hydrogens (primary N) is 1. The number of carbonyl (C=O) groups is 1. The number of carbonyl (C=O) groups excluding carboxylic acids is 1. The van der Waals surface area contributed by atoms with Crippen molar-refractivity contribution in [1.82, 2.24) is 5.32 Å². The van der Waals surface area contributed by atoms with Crippen LogP contribution in [-0.2, 0) is 0 Å². The summed E-state index contributed by atoms with van der Waals surface area (Å²) in [5.74, 6) is 2.34. The van der Waals surface area contributed by atoms with Gasteiger partial charge in [-0.05, 0) is 12.5 Å². The molecule has 1 heterocycles. The molecule has 2 rings (SSSR count). The average Bonchev–Trinajstić information content (AvgIpc) is 2.74. The zero-order chi connectivity index (χ0) is 13.1. The molecule has 0 radical (unpaired) electrons. The van der Waals surface area contributed by atoms with Gasteiger partial charge in [0.25, 0.3) is 5.91 Å². The third-order valence-corrected chi connectivity index (χ3v) is 3.94. The second kappa shape index (κ2) is 5.11. The second-order valence-electron chi connectivity index (χ2n) is 3.94. The first kappa shape index (κ1) is 12.5. The van der Waals surface area contributed by atoms with Crippen molar-refractivity contribution in [3.8, 4) is 12.3 Å². The maximum Gasteiger partial charge on any atom is 0.264 e. The van der Waals surface area contributed by atoms with Crippen LogP contribution in [0.5, 0.6) is 0 Å². The zero-order valence-electron chi connectivity index (χ0n) is 10.1. The fourth-order valence-corrected chi connectivity index (χ4v) is 2.75. The minimum absolute atomic E-state index is 0.196. The van der Waals surface area contributed by atoms with Crippen LogP contribution in [0.4, 0.5) is 5.69 Å². The Kier molecular flexibility index (Phi) is 3.54. The van der Waals surface area contributed by atoms with Gasteiger partial charge in [-0.15, -0.1) is 17.8 Å². The van der Waals surface area contributed by atoms with E-state index in [0.29, 0.717) is 17.0 Å². The summed E-state index contributed by atoms with van der Waals surface area (Å²) in [6.07, 6.45) is 6.03. The molecular formula is C14H14N2OS. The molecule has 1 atom stereocenters. The van der Waals surface area contributed by atoms with Gasteiger partial charge in [-0.2, -0.15) is 0 Å². The van der Waals surface area contributed by atoms with E-state index in [9.17, 15) is 4.79 Å². The van der Waals surface area contributed by atoms with E-state index in [0.717, 1.165) is 10.1 Å². The van der Waals surface area contributed by atoms with E-state index in [1.165, 1.54) is 11.3 Å². The molecule has 1 aromatic carbocycles. The fourth-order valence-electron chi connectivity index (χ4n) is 1.72. The van der Waals surface area contributed by atoms with E-state index in [1.807, 2.05) is 31.2 Å². The van der Waals surface area contributed by atoms with Crippen LogP contribution in [0.2, 0.25) is 0 Å². The molecule has 3 N–H and O–H groups in total. The summed E-state index contributed by atoms with van der Waals surface area (Å²) in [5, 5.41) is 3.71. The monoisotopic (exact) mass is 258 g/mol. The number of nitrogen functional groups attached to an aromatic ring is 1. The predicted molar refractivity (Wildman–Crippen MR) is 76.6 cm³/mol. The van der Waals surface area contributed by atoms with Crippen molar-refractivity contribution in [3.05, 3.63) is 29.1 Å². The summed E-state index contributed by atoms with van der Waals surface area (Å²) < 4.78 is 1.01. The molecular weight excluding hydrogens is 244 g/mol. The number of amides is 1. The van der Waals surface area contributed by atoms with Crippen LogP contribution >= 0.6 is 11.3 Å². The molecule has 1 amide bonds. The first-order valence-electron chi connectivity index (χ1n) is 5.71. The van der Waals surface area contributed by atoms with Crippen molar-refractivity contribution < 1.29 is 4.79 Å².